The minimum Gasteiger partial charge on any atom is -0.258 e. The average Bonchev–Trinajstić information content (AvgIpc) is 2.35. The van der Waals surface area contributed by atoms with Crippen LogP contribution >= 0.6 is 0 Å². The summed E-state index contributed by atoms with van der Waals surface area (Å²) >= 11 is 0. The van der Waals surface area contributed by atoms with Crippen LogP contribution in [0.1, 0.15) is 90.1 Å². The topological polar surface area (TPSA) is 43.1 Å². The van der Waals surface area contributed by atoms with Crippen LogP contribution in [0.25, 0.3) is 0 Å². The van der Waals surface area contributed by atoms with Gasteiger partial charge >= 0.3 is 0 Å². The third kappa shape index (κ3) is 6.10. The molecular formula is C23H39NO2. The molecule has 0 fully saturated rings. The highest BCUT2D eigenvalue weighted by Gasteiger charge is 2.32. The monoisotopic (exact) mass is 361 g/mol. The molecule has 0 N–H and O–H groups in total. The van der Waals surface area contributed by atoms with Gasteiger partial charge in [0.15, 0.2) is 0 Å². The maximum Gasteiger partial charge on any atom is 0.276 e. The van der Waals surface area contributed by atoms with E-state index in [-0.39, 0.29) is 21.2 Å². The molecule has 0 saturated heterocycles. The molecule has 0 amide bonds. The minimum absolute atomic E-state index is 0.00276. The molecule has 0 radical (unpaired) electrons. The van der Waals surface area contributed by atoms with Crippen molar-refractivity contribution in [2.24, 2.45) is 16.2 Å². The largest absolute Gasteiger partial charge is 0.276 e. The van der Waals surface area contributed by atoms with E-state index in [1.54, 1.807) is 0 Å². The lowest BCUT2D eigenvalue weighted by Crippen LogP contribution is -2.20. The molecule has 1 aromatic carbocycles. The number of nitro groups is 1. The number of hydrogen-bond donors (Lipinski definition) is 0. The summed E-state index contributed by atoms with van der Waals surface area (Å²) in [5.74, 6) is 0. The zero-order chi connectivity index (χ0) is 20.7. The predicted octanol–water partition coefficient (Wildman–Crippen LogP) is 6.98. The van der Waals surface area contributed by atoms with E-state index in [9.17, 15) is 10.1 Å². The molecule has 0 spiro atoms. The van der Waals surface area contributed by atoms with Gasteiger partial charge in [-0.3, -0.25) is 10.1 Å². The predicted molar refractivity (Wildman–Crippen MR) is 112 cm³/mol. The van der Waals surface area contributed by atoms with Gasteiger partial charge in [0, 0.05) is 11.1 Å². The van der Waals surface area contributed by atoms with E-state index in [2.05, 4.69) is 76.2 Å². The molecule has 0 aromatic heterocycles. The van der Waals surface area contributed by atoms with Gasteiger partial charge in [0.05, 0.1) is 4.92 Å². The van der Waals surface area contributed by atoms with Crippen molar-refractivity contribution in [3.05, 3.63) is 37.9 Å². The van der Waals surface area contributed by atoms with Crippen LogP contribution in [0, 0.1) is 40.2 Å². The van der Waals surface area contributed by atoms with Crippen molar-refractivity contribution < 1.29 is 4.92 Å². The number of hydrogen-bond acceptors (Lipinski definition) is 2. The molecule has 0 aliphatic heterocycles. The maximum absolute atomic E-state index is 12.1. The van der Waals surface area contributed by atoms with Crippen LogP contribution in [-0.2, 0) is 19.3 Å². The number of benzene rings is 1. The lowest BCUT2D eigenvalue weighted by Gasteiger charge is -2.29. The quantitative estimate of drug-likeness (QED) is 0.429. The van der Waals surface area contributed by atoms with Gasteiger partial charge in [-0.15, -0.1) is 0 Å². The molecule has 0 aliphatic rings. The summed E-state index contributed by atoms with van der Waals surface area (Å²) in [7, 11) is 0. The lowest BCUT2D eigenvalue weighted by molar-refractivity contribution is -0.386. The van der Waals surface area contributed by atoms with Gasteiger partial charge in [0.1, 0.15) is 0 Å². The highest BCUT2D eigenvalue weighted by molar-refractivity contribution is 5.60. The zero-order valence-corrected chi connectivity index (χ0v) is 18.9. The van der Waals surface area contributed by atoms with E-state index in [0.29, 0.717) is 5.69 Å². The van der Waals surface area contributed by atoms with Crippen molar-refractivity contribution in [2.75, 3.05) is 0 Å². The van der Waals surface area contributed by atoms with Crippen molar-refractivity contribution in [3.8, 4) is 0 Å². The van der Waals surface area contributed by atoms with Gasteiger partial charge in [0.25, 0.3) is 5.69 Å². The second kappa shape index (κ2) is 7.32. The first-order valence-electron chi connectivity index (χ1n) is 9.71. The van der Waals surface area contributed by atoms with Gasteiger partial charge in [-0.05, 0) is 66.0 Å². The maximum atomic E-state index is 12.1. The van der Waals surface area contributed by atoms with Crippen molar-refractivity contribution in [3.63, 3.8) is 0 Å². The van der Waals surface area contributed by atoms with Crippen LogP contribution in [0.15, 0.2) is 0 Å². The smallest absolute Gasteiger partial charge is 0.258 e. The van der Waals surface area contributed by atoms with E-state index in [0.717, 1.165) is 41.5 Å². The molecule has 3 heteroatoms. The number of nitrogens with zero attached hydrogens (tertiary/aromatic N) is 1. The molecule has 1 aromatic rings. The summed E-state index contributed by atoms with van der Waals surface area (Å²) in [5, 5.41) is 12.1. The van der Waals surface area contributed by atoms with Crippen LogP contribution in [-0.4, -0.2) is 4.92 Å². The Morgan fingerprint density at radius 2 is 0.923 bits per heavy atom. The van der Waals surface area contributed by atoms with Crippen molar-refractivity contribution in [1.29, 1.82) is 0 Å². The second-order valence-electron chi connectivity index (χ2n) is 11.5. The van der Waals surface area contributed by atoms with Crippen LogP contribution in [0.4, 0.5) is 5.69 Å². The second-order valence-corrected chi connectivity index (χ2v) is 11.5. The summed E-state index contributed by atoms with van der Waals surface area (Å²) in [5.41, 5.74) is 5.94. The molecule has 0 atom stereocenters. The third-order valence-electron chi connectivity index (χ3n) is 4.69. The van der Waals surface area contributed by atoms with Crippen molar-refractivity contribution >= 4 is 5.69 Å². The summed E-state index contributed by atoms with van der Waals surface area (Å²) in [6, 6.07) is 0. The van der Waals surface area contributed by atoms with Gasteiger partial charge in [-0.1, -0.05) is 62.3 Å². The fourth-order valence-electron chi connectivity index (χ4n) is 3.69. The molecule has 0 saturated carbocycles. The van der Waals surface area contributed by atoms with E-state index in [1.165, 1.54) is 5.56 Å². The van der Waals surface area contributed by atoms with Crippen molar-refractivity contribution in [2.45, 2.75) is 95.4 Å². The Balaban J connectivity index is 3.88. The number of nitro benzene ring substituents is 1. The van der Waals surface area contributed by atoms with E-state index in [4.69, 9.17) is 0 Å². The summed E-state index contributed by atoms with van der Waals surface area (Å²) < 4.78 is 0. The Hall–Kier alpha value is -1.38. The van der Waals surface area contributed by atoms with Gasteiger partial charge < -0.3 is 0 Å². The molecule has 148 valence electrons. The summed E-state index contributed by atoms with van der Waals surface area (Å²) in [4.78, 5) is 12.0. The fourth-order valence-corrected chi connectivity index (χ4v) is 3.69. The van der Waals surface area contributed by atoms with Crippen LogP contribution in [0.3, 0.4) is 0 Å². The normalized spacial score (nSPS) is 13.2. The van der Waals surface area contributed by atoms with Gasteiger partial charge in [-0.2, -0.15) is 0 Å². The van der Waals surface area contributed by atoms with E-state index >= 15 is 0 Å². The first-order chi connectivity index (χ1) is 11.4. The highest BCUT2D eigenvalue weighted by atomic mass is 16.6. The van der Waals surface area contributed by atoms with Gasteiger partial charge in [-0.25, -0.2) is 0 Å². The SMILES string of the molecule is Cc1c(CC(C)(C)C)c(C)c(CC(C)(C)C)c([N+](=O)[O-])c1CC(C)(C)C. The fraction of sp³-hybridized carbons (Fsp3) is 0.739. The third-order valence-corrected chi connectivity index (χ3v) is 4.69. The standard InChI is InChI=1S/C23H39NO2/c1-15-17(12-21(3,4)5)16(2)19(14-23(9,10)11)20(24(25)26)18(15)13-22(6,7)8/h12-14H2,1-11H3. The molecule has 0 bridgehead atoms. The molecule has 26 heavy (non-hydrogen) atoms. The zero-order valence-electron chi connectivity index (χ0n) is 18.9. The Labute approximate surface area is 160 Å². The van der Waals surface area contributed by atoms with Crippen LogP contribution in [0.5, 0.6) is 0 Å². The Kier molecular flexibility index (Phi) is 6.38. The summed E-state index contributed by atoms with van der Waals surface area (Å²) in [6.45, 7) is 23.8. The van der Waals surface area contributed by atoms with Gasteiger partial charge in [0.2, 0.25) is 0 Å². The van der Waals surface area contributed by atoms with Crippen LogP contribution < -0.4 is 0 Å². The first kappa shape index (κ1) is 22.7. The van der Waals surface area contributed by atoms with E-state index < -0.39 is 0 Å². The van der Waals surface area contributed by atoms with Crippen LogP contribution in [0.2, 0.25) is 0 Å². The molecular weight excluding hydrogens is 322 g/mol. The Morgan fingerprint density at radius 3 is 1.15 bits per heavy atom. The Morgan fingerprint density at radius 1 is 0.654 bits per heavy atom. The molecule has 3 nitrogen and oxygen atoms in total. The summed E-state index contributed by atoms with van der Waals surface area (Å²) in [6.07, 6.45) is 2.39. The molecule has 0 heterocycles. The number of rotatable bonds is 4. The molecule has 0 aliphatic carbocycles. The Bertz CT molecular complexity index is 637. The highest BCUT2D eigenvalue weighted by Crippen LogP contribution is 2.41. The van der Waals surface area contributed by atoms with E-state index in [1.807, 2.05) is 0 Å². The average molecular weight is 362 g/mol. The minimum atomic E-state index is -0.136. The lowest BCUT2D eigenvalue weighted by atomic mass is 9.75. The first-order valence-corrected chi connectivity index (χ1v) is 9.71. The molecule has 0 unspecified atom stereocenters. The van der Waals surface area contributed by atoms with Crippen molar-refractivity contribution in [1.82, 2.24) is 0 Å². The molecule has 1 rings (SSSR count).